The number of fused-ring (bicyclic) bond motifs is 4. The van der Waals surface area contributed by atoms with Crippen molar-refractivity contribution in [2.24, 2.45) is 0 Å². The Hall–Kier alpha value is -5.15. The molecule has 0 saturated carbocycles. The third-order valence-corrected chi connectivity index (χ3v) is 11.4. The van der Waals surface area contributed by atoms with Crippen molar-refractivity contribution in [1.29, 1.82) is 5.26 Å². The molecule has 0 spiro atoms. The molecule has 2 aromatic carbocycles. The van der Waals surface area contributed by atoms with Gasteiger partial charge in [0.1, 0.15) is 52.5 Å². The monoisotopic (exact) mass is 755 g/mol. The molecule has 0 radical (unpaired) electrons. The predicted molar refractivity (Wildman–Crippen MR) is 184 cm³/mol. The number of ether oxygens (including phenoxy) is 1. The first-order valence-electron chi connectivity index (χ1n) is 16.8. The van der Waals surface area contributed by atoms with Crippen LogP contribution in [0, 0.1) is 23.0 Å². The highest BCUT2D eigenvalue weighted by atomic mass is 32.1. The quantitative estimate of drug-likeness (QED) is 0.204. The summed E-state index contributed by atoms with van der Waals surface area (Å²) in [5, 5.41) is 9.18. The van der Waals surface area contributed by atoms with Gasteiger partial charge in [0.2, 0.25) is 0 Å². The molecular weight excluding hydrogens is 725 g/mol. The molecule has 6 heterocycles. The Bertz CT molecular complexity index is 2370. The lowest BCUT2D eigenvalue weighted by molar-refractivity contribution is -0.137. The molecule has 0 bridgehead atoms. The van der Waals surface area contributed by atoms with Crippen LogP contribution in [0.1, 0.15) is 46.7 Å². The van der Waals surface area contributed by atoms with Crippen LogP contribution in [-0.2, 0) is 19.3 Å². The van der Waals surface area contributed by atoms with Gasteiger partial charge in [-0.25, -0.2) is 18.2 Å². The molecule has 3 aliphatic rings. The molecule has 2 fully saturated rings. The Labute approximate surface area is 302 Å². The zero-order valence-electron chi connectivity index (χ0n) is 28.4. The van der Waals surface area contributed by atoms with Crippen molar-refractivity contribution in [2.45, 2.75) is 50.2 Å². The Morgan fingerprint density at radius 1 is 1.19 bits per heavy atom. The van der Waals surface area contributed by atoms with E-state index in [4.69, 9.17) is 10.5 Å². The molecule has 3 aliphatic heterocycles. The molecule has 5 aromatic rings. The Morgan fingerprint density at radius 2 is 1.98 bits per heavy atom. The van der Waals surface area contributed by atoms with Crippen molar-refractivity contribution in [3.63, 3.8) is 0 Å². The van der Waals surface area contributed by atoms with Crippen molar-refractivity contribution in [1.82, 2.24) is 29.3 Å². The molecule has 3 aromatic heterocycles. The Balaban J connectivity index is 1.32. The second-order valence-electron chi connectivity index (χ2n) is 13.8. The number of nitrogen functional groups attached to an aromatic ring is 1. The fourth-order valence-electron chi connectivity index (χ4n) is 7.90. The summed E-state index contributed by atoms with van der Waals surface area (Å²) in [6.07, 6.45) is -2.92. The van der Waals surface area contributed by atoms with E-state index in [-0.39, 0.29) is 88.7 Å². The number of alkyl halides is 4. The molecule has 11 nitrogen and oxygen atoms in total. The first-order valence-corrected chi connectivity index (χ1v) is 17.6. The van der Waals surface area contributed by atoms with E-state index in [0.29, 0.717) is 30.1 Å². The van der Waals surface area contributed by atoms with Crippen LogP contribution in [0.25, 0.3) is 32.1 Å². The zero-order chi connectivity index (χ0) is 37.6. The number of nitrogens with zero attached hydrogens (tertiary/aromatic N) is 8. The Morgan fingerprint density at radius 3 is 2.72 bits per heavy atom. The van der Waals surface area contributed by atoms with Crippen LogP contribution in [0.3, 0.4) is 0 Å². The maximum absolute atomic E-state index is 17.2. The lowest BCUT2D eigenvalue weighted by atomic mass is 9.92. The average molecular weight is 756 g/mol. The number of thiophene rings is 1. The maximum Gasteiger partial charge on any atom is 0.417 e. The van der Waals surface area contributed by atoms with Crippen molar-refractivity contribution in [3.8, 4) is 23.2 Å². The number of anilines is 2. The van der Waals surface area contributed by atoms with Crippen molar-refractivity contribution < 1.29 is 35.9 Å². The third-order valence-electron chi connectivity index (χ3n) is 10.4. The van der Waals surface area contributed by atoms with Crippen molar-refractivity contribution in [2.75, 3.05) is 51.0 Å². The smallest absolute Gasteiger partial charge is 0.417 e. The molecule has 0 unspecified atom stereocenters. The first-order chi connectivity index (χ1) is 25.2. The molecule has 2 saturated heterocycles. The molecule has 53 heavy (non-hydrogen) atoms. The number of aromatic nitrogens is 4. The van der Waals surface area contributed by atoms with Crippen LogP contribution >= 0.6 is 11.3 Å². The second kappa shape index (κ2) is 12.5. The van der Waals surface area contributed by atoms with Crippen LogP contribution in [-0.4, -0.2) is 87.3 Å². The summed E-state index contributed by atoms with van der Waals surface area (Å²) < 4.78 is 99.6. The van der Waals surface area contributed by atoms with E-state index >= 15 is 17.6 Å². The highest BCUT2D eigenvalue weighted by Gasteiger charge is 2.49. The van der Waals surface area contributed by atoms with Crippen LogP contribution in [0.4, 0.5) is 37.2 Å². The highest BCUT2D eigenvalue weighted by Crippen LogP contribution is 2.48. The highest BCUT2D eigenvalue weighted by molar-refractivity contribution is 7.23. The fraction of sp³-hybridized carbons (Fsp3) is 0.400. The number of hydrogen-bond donors (Lipinski definition) is 1. The molecule has 1 amide bonds. The number of rotatable bonds is 6. The predicted octanol–water partition coefficient (Wildman–Crippen LogP) is 6.14. The fourth-order valence-corrected chi connectivity index (χ4v) is 8.85. The summed E-state index contributed by atoms with van der Waals surface area (Å²) in [6.45, 7) is 1.34. The van der Waals surface area contributed by atoms with Gasteiger partial charge in [-0.2, -0.15) is 28.4 Å². The molecule has 2 atom stereocenters. The van der Waals surface area contributed by atoms with Crippen molar-refractivity contribution in [3.05, 3.63) is 58.7 Å². The first kappa shape index (κ1) is 34.9. The summed E-state index contributed by atoms with van der Waals surface area (Å²) in [7, 11) is 3.16. The zero-order valence-corrected chi connectivity index (χ0v) is 29.2. The molecule has 276 valence electrons. The number of halogens is 6. The van der Waals surface area contributed by atoms with Gasteiger partial charge in [-0.3, -0.25) is 9.69 Å². The largest absolute Gasteiger partial charge is 0.461 e. The number of carbonyl (C=O) groups excluding carboxylic acids is 1. The van der Waals surface area contributed by atoms with Gasteiger partial charge >= 0.3 is 12.2 Å². The molecule has 18 heteroatoms. The average Bonchev–Trinajstić information content (AvgIpc) is 3.87. The molecule has 2 N–H and O–H groups in total. The van der Waals surface area contributed by atoms with Gasteiger partial charge in [0.25, 0.3) is 5.91 Å². The number of imidazole rings is 1. The number of hydrogen-bond acceptors (Lipinski definition) is 10. The van der Waals surface area contributed by atoms with Crippen LogP contribution in [0.2, 0.25) is 0 Å². The lowest BCUT2D eigenvalue weighted by Gasteiger charge is -2.32. The van der Waals surface area contributed by atoms with Crippen LogP contribution in [0.15, 0.2) is 24.4 Å². The van der Waals surface area contributed by atoms with E-state index in [2.05, 4.69) is 15.0 Å². The standard InChI is InChI=1S/C35H31F6N9O2S/c1-47(2)32(51)23-14-48-8-9-49(15-24(48)44-23)31-19-10-21(35(39,40)41)26(18-4-5-22(37)29-25(18)20(12-42)30(43)53-29)27(38)28(19)45-33(46-31)52-16-34-6-3-7-50(34)13-17(36)11-34/h4-5,10,14,17H,3,6-9,11,13,15-16,43H2,1-2H3/t17-,34+/m1/s1. The summed E-state index contributed by atoms with van der Waals surface area (Å²) in [4.78, 5) is 31.0. The van der Waals surface area contributed by atoms with Gasteiger partial charge in [0.05, 0.1) is 27.9 Å². The minimum absolute atomic E-state index is 0.00345. The number of nitrogens with two attached hydrogens (primary N) is 1. The van der Waals surface area contributed by atoms with E-state index in [1.165, 1.54) is 4.90 Å². The van der Waals surface area contributed by atoms with E-state index < -0.39 is 51.7 Å². The van der Waals surface area contributed by atoms with Gasteiger partial charge in [-0.1, -0.05) is 6.07 Å². The van der Waals surface area contributed by atoms with Crippen molar-refractivity contribution >= 4 is 49.1 Å². The summed E-state index contributed by atoms with van der Waals surface area (Å²) in [6, 6.07) is 4.12. The number of benzene rings is 2. The third kappa shape index (κ3) is 5.68. The van der Waals surface area contributed by atoms with Gasteiger partial charge in [-0.05, 0) is 37.1 Å². The second-order valence-corrected chi connectivity index (χ2v) is 14.9. The van der Waals surface area contributed by atoms with E-state index in [1.807, 2.05) is 11.0 Å². The SMILES string of the molecule is CN(C)C(=O)c1cn2c(n1)CN(c1nc(OC[C@@]34CCCN3C[C@H](F)C4)nc3c(F)c(-c4ccc(F)c5sc(N)c(C#N)c45)c(C(F)(F)F)cc13)CC2. The van der Waals surface area contributed by atoms with E-state index in [9.17, 15) is 18.8 Å². The minimum atomic E-state index is -5.14. The Kier molecular flexibility index (Phi) is 8.22. The number of carbonyl (C=O) groups is 1. The molecule has 0 aliphatic carbocycles. The van der Waals surface area contributed by atoms with Crippen LogP contribution < -0.4 is 15.4 Å². The lowest BCUT2D eigenvalue weighted by Crippen LogP contribution is -2.43. The summed E-state index contributed by atoms with van der Waals surface area (Å²) >= 11 is 0.672. The van der Waals surface area contributed by atoms with Crippen LogP contribution in [0.5, 0.6) is 6.01 Å². The number of amides is 1. The topological polar surface area (TPSA) is 129 Å². The normalized spacial score (nSPS) is 20.2. The summed E-state index contributed by atoms with van der Waals surface area (Å²) in [5.41, 5.74) is 1.97. The van der Waals surface area contributed by atoms with E-state index in [0.717, 1.165) is 24.6 Å². The summed E-state index contributed by atoms with van der Waals surface area (Å²) in [5.74, 6) is -2.22. The maximum atomic E-state index is 17.2. The number of nitriles is 1. The van der Waals surface area contributed by atoms with Gasteiger partial charge in [0.15, 0.2) is 5.82 Å². The van der Waals surface area contributed by atoms with E-state index in [1.54, 1.807) is 29.8 Å². The van der Waals surface area contributed by atoms with Gasteiger partial charge in [0, 0.05) is 62.7 Å². The van der Waals surface area contributed by atoms with Gasteiger partial charge < -0.3 is 24.8 Å². The molecule has 8 rings (SSSR count). The van der Waals surface area contributed by atoms with Gasteiger partial charge in [-0.15, -0.1) is 11.3 Å². The minimum Gasteiger partial charge on any atom is -0.461 e. The molecular formula is C35H31F6N9O2S.